The number of nitrogens with one attached hydrogen (secondary N) is 1. The summed E-state index contributed by atoms with van der Waals surface area (Å²) in [5.41, 5.74) is -0.332. The predicted molar refractivity (Wildman–Crippen MR) is 72.9 cm³/mol. The molecule has 0 amide bonds. The highest BCUT2D eigenvalue weighted by atomic mass is 79.9. The summed E-state index contributed by atoms with van der Waals surface area (Å²) in [7, 11) is 0. The zero-order chi connectivity index (χ0) is 14.0. The van der Waals surface area contributed by atoms with Crippen molar-refractivity contribution in [3.05, 3.63) is 50.8 Å². The van der Waals surface area contributed by atoms with Crippen LogP contribution in [0.25, 0.3) is 0 Å². The summed E-state index contributed by atoms with van der Waals surface area (Å²) < 4.78 is 44.2. The van der Waals surface area contributed by atoms with Crippen LogP contribution in [0.2, 0.25) is 0 Å². The van der Waals surface area contributed by atoms with Gasteiger partial charge in [0.2, 0.25) is 0 Å². The van der Waals surface area contributed by atoms with Crippen LogP contribution in [-0.4, -0.2) is 0 Å². The number of alkyl halides is 3. The van der Waals surface area contributed by atoms with Gasteiger partial charge in [-0.05, 0) is 62.2 Å². The third kappa shape index (κ3) is 3.76. The standard InChI is InChI=1S/C12H8Br2F3NO/c13-9-3-1-7(12(15,16)17)5-10(9)18-6-8-2-4-11(14)19-8/h1-5,18H,6H2. The minimum Gasteiger partial charge on any atom is -0.452 e. The number of furan rings is 1. The number of anilines is 1. The van der Waals surface area contributed by atoms with Crippen molar-refractivity contribution in [3.8, 4) is 0 Å². The lowest BCUT2D eigenvalue weighted by Gasteiger charge is -2.11. The minimum absolute atomic E-state index is 0.297. The van der Waals surface area contributed by atoms with E-state index in [1.807, 2.05) is 0 Å². The Labute approximate surface area is 124 Å². The Morgan fingerprint density at radius 1 is 1.11 bits per heavy atom. The molecular formula is C12H8Br2F3NO. The fourth-order valence-corrected chi connectivity index (χ4v) is 2.19. The smallest absolute Gasteiger partial charge is 0.416 e. The van der Waals surface area contributed by atoms with E-state index in [0.29, 0.717) is 27.1 Å². The van der Waals surface area contributed by atoms with Crippen LogP contribution in [0.1, 0.15) is 11.3 Å². The molecule has 0 unspecified atom stereocenters. The molecule has 1 aromatic carbocycles. The largest absolute Gasteiger partial charge is 0.452 e. The summed E-state index contributed by atoms with van der Waals surface area (Å²) >= 11 is 6.36. The molecular weight excluding hydrogens is 391 g/mol. The van der Waals surface area contributed by atoms with Gasteiger partial charge < -0.3 is 9.73 Å². The molecule has 0 aliphatic heterocycles. The zero-order valence-corrected chi connectivity index (χ0v) is 12.6. The minimum atomic E-state index is -4.36. The van der Waals surface area contributed by atoms with Crippen molar-refractivity contribution in [3.63, 3.8) is 0 Å². The highest BCUT2D eigenvalue weighted by Gasteiger charge is 2.30. The summed E-state index contributed by atoms with van der Waals surface area (Å²) in [6.45, 7) is 0.297. The van der Waals surface area contributed by atoms with Crippen molar-refractivity contribution < 1.29 is 17.6 Å². The Balaban J connectivity index is 2.15. The van der Waals surface area contributed by atoms with Gasteiger partial charge in [-0.1, -0.05) is 0 Å². The maximum absolute atomic E-state index is 12.6. The van der Waals surface area contributed by atoms with Crippen molar-refractivity contribution >= 4 is 37.5 Å². The molecule has 0 aliphatic carbocycles. The average Bonchev–Trinajstić information content (AvgIpc) is 2.72. The van der Waals surface area contributed by atoms with Crippen molar-refractivity contribution in [1.29, 1.82) is 0 Å². The third-order valence-electron chi connectivity index (χ3n) is 2.38. The molecule has 2 nitrogen and oxygen atoms in total. The average molecular weight is 399 g/mol. The molecule has 2 rings (SSSR count). The van der Waals surface area contributed by atoms with Gasteiger partial charge in [-0.3, -0.25) is 0 Å². The Kier molecular flexibility index (Phi) is 4.25. The lowest BCUT2D eigenvalue weighted by atomic mass is 10.2. The van der Waals surface area contributed by atoms with Crippen LogP contribution < -0.4 is 5.32 Å². The van der Waals surface area contributed by atoms with Gasteiger partial charge in [-0.2, -0.15) is 13.2 Å². The first-order chi connectivity index (χ1) is 8.86. The van der Waals surface area contributed by atoms with Gasteiger partial charge in [0.25, 0.3) is 0 Å². The lowest BCUT2D eigenvalue weighted by Crippen LogP contribution is -2.06. The molecule has 0 fully saturated rings. The van der Waals surface area contributed by atoms with Gasteiger partial charge in [-0.25, -0.2) is 0 Å². The van der Waals surface area contributed by atoms with Crippen LogP contribution in [0.3, 0.4) is 0 Å². The Morgan fingerprint density at radius 3 is 2.42 bits per heavy atom. The molecule has 0 radical (unpaired) electrons. The maximum Gasteiger partial charge on any atom is 0.416 e. The first-order valence-corrected chi connectivity index (χ1v) is 6.79. The molecule has 1 aromatic heterocycles. The monoisotopic (exact) mass is 397 g/mol. The third-order valence-corrected chi connectivity index (χ3v) is 3.49. The fourth-order valence-electron chi connectivity index (χ4n) is 1.47. The van der Waals surface area contributed by atoms with Gasteiger partial charge in [0.1, 0.15) is 5.76 Å². The van der Waals surface area contributed by atoms with E-state index in [1.165, 1.54) is 6.07 Å². The number of hydrogen-bond donors (Lipinski definition) is 1. The van der Waals surface area contributed by atoms with E-state index in [-0.39, 0.29) is 0 Å². The Bertz CT molecular complexity index is 581. The molecule has 0 bridgehead atoms. The molecule has 19 heavy (non-hydrogen) atoms. The normalized spacial score (nSPS) is 11.6. The summed E-state index contributed by atoms with van der Waals surface area (Å²) in [5.74, 6) is 0.621. The number of hydrogen-bond acceptors (Lipinski definition) is 2. The van der Waals surface area contributed by atoms with Crippen molar-refractivity contribution in [2.24, 2.45) is 0 Å². The second kappa shape index (κ2) is 5.58. The van der Waals surface area contributed by atoms with E-state index in [1.54, 1.807) is 12.1 Å². The highest BCUT2D eigenvalue weighted by molar-refractivity contribution is 9.10. The van der Waals surface area contributed by atoms with Gasteiger partial charge in [0.15, 0.2) is 4.67 Å². The molecule has 102 valence electrons. The first kappa shape index (κ1) is 14.5. The number of rotatable bonds is 3. The fraction of sp³-hybridized carbons (Fsp3) is 0.167. The van der Waals surface area contributed by atoms with Crippen molar-refractivity contribution in [2.45, 2.75) is 12.7 Å². The second-order valence-electron chi connectivity index (χ2n) is 3.75. The van der Waals surface area contributed by atoms with Crippen molar-refractivity contribution in [2.75, 3.05) is 5.32 Å². The topological polar surface area (TPSA) is 25.2 Å². The Morgan fingerprint density at radius 2 is 1.84 bits per heavy atom. The van der Waals surface area contributed by atoms with E-state index >= 15 is 0 Å². The number of halogens is 5. The van der Waals surface area contributed by atoms with Gasteiger partial charge in [0.05, 0.1) is 12.1 Å². The molecule has 1 N–H and O–H groups in total. The molecule has 0 saturated heterocycles. The van der Waals surface area contributed by atoms with E-state index in [0.717, 1.165) is 12.1 Å². The summed E-state index contributed by atoms with van der Waals surface area (Å²) in [6.07, 6.45) is -4.36. The van der Waals surface area contributed by atoms with Gasteiger partial charge >= 0.3 is 6.18 Å². The second-order valence-corrected chi connectivity index (χ2v) is 5.39. The molecule has 1 heterocycles. The van der Waals surface area contributed by atoms with Gasteiger partial charge in [-0.15, -0.1) is 0 Å². The molecule has 0 atom stereocenters. The van der Waals surface area contributed by atoms with E-state index in [2.05, 4.69) is 37.2 Å². The molecule has 2 aromatic rings. The van der Waals surface area contributed by atoms with Crippen LogP contribution >= 0.6 is 31.9 Å². The molecule has 0 saturated carbocycles. The van der Waals surface area contributed by atoms with E-state index in [4.69, 9.17) is 4.42 Å². The quantitative estimate of drug-likeness (QED) is 0.745. The summed E-state index contributed by atoms with van der Waals surface area (Å²) in [4.78, 5) is 0. The summed E-state index contributed by atoms with van der Waals surface area (Å²) in [5, 5.41) is 2.89. The molecule has 7 heteroatoms. The highest BCUT2D eigenvalue weighted by Crippen LogP contribution is 2.34. The maximum atomic E-state index is 12.6. The lowest BCUT2D eigenvalue weighted by molar-refractivity contribution is -0.137. The van der Waals surface area contributed by atoms with Crippen LogP contribution in [0.4, 0.5) is 18.9 Å². The predicted octanol–water partition coefficient (Wildman–Crippen LogP) is 5.44. The first-order valence-electron chi connectivity index (χ1n) is 5.21. The molecule has 0 spiro atoms. The van der Waals surface area contributed by atoms with Crippen LogP contribution in [0.5, 0.6) is 0 Å². The molecule has 0 aliphatic rings. The van der Waals surface area contributed by atoms with Gasteiger partial charge in [0, 0.05) is 10.2 Å². The number of benzene rings is 1. The van der Waals surface area contributed by atoms with Crippen LogP contribution in [-0.2, 0) is 12.7 Å². The van der Waals surface area contributed by atoms with Crippen molar-refractivity contribution in [1.82, 2.24) is 0 Å². The van der Waals surface area contributed by atoms with E-state index < -0.39 is 11.7 Å². The van der Waals surface area contributed by atoms with Crippen LogP contribution in [0.15, 0.2) is 43.9 Å². The Hall–Kier alpha value is -0.950. The van der Waals surface area contributed by atoms with Crippen LogP contribution in [0, 0.1) is 0 Å². The SMILES string of the molecule is FC(F)(F)c1ccc(Br)c(NCc2ccc(Br)o2)c1. The van der Waals surface area contributed by atoms with E-state index in [9.17, 15) is 13.2 Å². The summed E-state index contributed by atoms with van der Waals surface area (Å²) in [6, 6.07) is 6.90. The zero-order valence-electron chi connectivity index (χ0n) is 9.39.